The SMILES string of the molecule is CC(C)(C)OC(=O)N1CCC(CCCn2ccnc2)CC1. The minimum atomic E-state index is -0.404. The number of aryl methyl sites for hydroxylation is 1. The van der Waals surface area contributed by atoms with Crippen molar-refractivity contribution in [3.8, 4) is 0 Å². The normalized spacial score (nSPS) is 17.0. The van der Waals surface area contributed by atoms with Crippen molar-refractivity contribution in [2.45, 2.75) is 58.6 Å². The maximum atomic E-state index is 12.0. The average Bonchev–Trinajstić information content (AvgIpc) is 2.91. The van der Waals surface area contributed by atoms with Gasteiger partial charge in [-0.25, -0.2) is 9.78 Å². The van der Waals surface area contributed by atoms with E-state index in [1.165, 1.54) is 12.8 Å². The smallest absolute Gasteiger partial charge is 0.410 e. The second kappa shape index (κ2) is 6.96. The summed E-state index contributed by atoms with van der Waals surface area (Å²) in [5.41, 5.74) is -0.404. The number of hydrogen-bond donors (Lipinski definition) is 0. The highest BCUT2D eigenvalue weighted by atomic mass is 16.6. The lowest BCUT2D eigenvalue weighted by Gasteiger charge is -2.33. The molecule has 0 saturated carbocycles. The van der Waals surface area contributed by atoms with Crippen LogP contribution in [0.25, 0.3) is 0 Å². The molecule has 0 aliphatic carbocycles. The number of likely N-dealkylation sites (tertiary alicyclic amines) is 1. The fraction of sp³-hybridized carbons (Fsp3) is 0.750. The number of imidazole rings is 1. The molecular formula is C16H27N3O2. The van der Waals surface area contributed by atoms with E-state index in [0.717, 1.165) is 38.4 Å². The number of ether oxygens (including phenoxy) is 1. The largest absolute Gasteiger partial charge is 0.444 e. The van der Waals surface area contributed by atoms with Gasteiger partial charge in [0.2, 0.25) is 0 Å². The Morgan fingerprint density at radius 1 is 1.33 bits per heavy atom. The van der Waals surface area contributed by atoms with Crippen LogP contribution >= 0.6 is 0 Å². The van der Waals surface area contributed by atoms with Crippen LogP contribution in [-0.2, 0) is 11.3 Å². The molecule has 1 amide bonds. The highest BCUT2D eigenvalue weighted by Crippen LogP contribution is 2.23. The van der Waals surface area contributed by atoms with Crippen LogP contribution in [0.3, 0.4) is 0 Å². The van der Waals surface area contributed by atoms with E-state index in [4.69, 9.17) is 4.74 Å². The van der Waals surface area contributed by atoms with E-state index in [2.05, 4.69) is 9.55 Å². The molecule has 0 spiro atoms. The summed E-state index contributed by atoms with van der Waals surface area (Å²) in [6.45, 7) is 8.41. The van der Waals surface area contributed by atoms with E-state index in [-0.39, 0.29) is 6.09 Å². The molecule has 1 aromatic rings. The predicted octanol–water partition coefficient (Wildman–Crippen LogP) is 3.31. The zero-order valence-electron chi connectivity index (χ0n) is 13.4. The molecule has 118 valence electrons. The lowest BCUT2D eigenvalue weighted by Crippen LogP contribution is -2.41. The van der Waals surface area contributed by atoms with Gasteiger partial charge >= 0.3 is 6.09 Å². The second-order valence-electron chi connectivity index (χ2n) is 6.85. The molecule has 1 fully saturated rings. The maximum Gasteiger partial charge on any atom is 0.410 e. The Bertz CT molecular complexity index is 429. The highest BCUT2D eigenvalue weighted by molar-refractivity contribution is 5.68. The molecule has 0 bridgehead atoms. The second-order valence-corrected chi connectivity index (χ2v) is 6.85. The first-order chi connectivity index (χ1) is 9.94. The fourth-order valence-electron chi connectivity index (χ4n) is 2.71. The Labute approximate surface area is 127 Å². The monoisotopic (exact) mass is 293 g/mol. The molecule has 5 heteroatoms. The van der Waals surface area contributed by atoms with Crippen molar-refractivity contribution >= 4 is 6.09 Å². The van der Waals surface area contributed by atoms with E-state index in [0.29, 0.717) is 0 Å². The van der Waals surface area contributed by atoms with E-state index in [1.807, 2.05) is 44.4 Å². The molecule has 2 rings (SSSR count). The molecule has 1 aliphatic rings. The Morgan fingerprint density at radius 2 is 2.05 bits per heavy atom. The molecule has 0 aromatic carbocycles. The molecule has 0 atom stereocenters. The van der Waals surface area contributed by atoms with Gasteiger partial charge in [0.15, 0.2) is 0 Å². The number of aromatic nitrogens is 2. The number of carbonyl (C=O) groups is 1. The quantitative estimate of drug-likeness (QED) is 0.855. The van der Waals surface area contributed by atoms with Crippen LogP contribution in [-0.4, -0.2) is 39.2 Å². The third-order valence-corrected chi connectivity index (χ3v) is 3.85. The Morgan fingerprint density at radius 3 is 2.62 bits per heavy atom. The molecule has 0 radical (unpaired) electrons. The van der Waals surface area contributed by atoms with Crippen molar-refractivity contribution < 1.29 is 9.53 Å². The number of rotatable bonds is 4. The van der Waals surface area contributed by atoms with E-state index in [1.54, 1.807) is 0 Å². The minimum absolute atomic E-state index is 0.167. The molecule has 5 nitrogen and oxygen atoms in total. The first-order valence-corrected chi connectivity index (χ1v) is 7.88. The van der Waals surface area contributed by atoms with E-state index >= 15 is 0 Å². The van der Waals surface area contributed by atoms with Gasteiger partial charge in [0.25, 0.3) is 0 Å². The summed E-state index contributed by atoms with van der Waals surface area (Å²) in [7, 11) is 0. The van der Waals surface area contributed by atoms with Crippen LogP contribution < -0.4 is 0 Å². The number of carbonyl (C=O) groups excluding carboxylic acids is 1. The lowest BCUT2D eigenvalue weighted by molar-refractivity contribution is 0.0180. The Kier molecular flexibility index (Phi) is 5.26. The number of hydrogen-bond acceptors (Lipinski definition) is 3. The van der Waals surface area contributed by atoms with Gasteiger partial charge in [0, 0.05) is 32.0 Å². The van der Waals surface area contributed by atoms with Crippen LogP contribution in [0, 0.1) is 5.92 Å². The Hall–Kier alpha value is -1.52. The summed E-state index contributed by atoms with van der Waals surface area (Å²) in [5.74, 6) is 0.729. The standard InChI is InChI=1S/C16H27N3O2/c1-16(2,3)21-15(20)19-10-6-14(7-11-19)5-4-9-18-12-8-17-13-18/h8,12-14H,4-7,9-11H2,1-3H3. The summed E-state index contributed by atoms with van der Waals surface area (Å²) in [6.07, 6.45) is 10.1. The summed E-state index contributed by atoms with van der Waals surface area (Å²) in [4.78, 5) is 17.9. The van der Waals surface area contributed by atoms with Gasteiger partial charge in [-0.05, 0) is 52.4 Å². The van der Waals surface area contributed by atoms with E-state index in [9.17, 15) is 4.79 Å². The minimum Gasteiger partial charge on any atom is -0.444 e. The molecule has 21 heavy (non-hydrogen) atoms. The maximum absolute atomic E-state index is 12.0. The first-order valence-electron chi connectivity index (χ1n) is 7.88. The average molecular weight is 293 g/mol. The van der Waals surface area contributed by atoms with Crippen LogP contribution in [0.15, 0.2) is 18.7 Å². The number of nitrogens with zero attached hydrogens (tertiary/aromatic N) is 3. The fourth-order valence-corrected chi connectivity index (χ4v) is 2.71. The summed E-state index contributed by atoms with van der Waals surface area (Å²) in [6, 6.07) is 0. The van der Waals surface area contributed by atoms with Crippen molar-refractivity contribution in [3.63, 3.8) is 0 Å². The van der Waals surface area contributed by atoms with Crippen molar-refractivity contribution in [2.75, 3.05) is 13.1 Å². The number of amides is 1. The number of piperidine rings is 1. The van der Waals surface area contributed by atoms with Crippen LogP contribution in [0.2, 0.25) is 0 Å². The van der Waals surface area contributed by atoms with Crippen molar-refractivity contribution in [1.82, 2.24) is 14.5 Å². The molecular weight excluding hydrogens is 266 g/mol. The zero-order valence-corrected chi connectivity index (χ0v) is 13.4. The van der Waals surface area contributed by atoms with Gasteiger partial charge < -0.3 is 14.2 Å². The molecule has 2 heterocycles. The molecule has 1 aromatic heterocycles. The molecule has 0 unspecified atom stereocenters. The van der Waals surface area contributed by atoms with Gasteiger partial charge in [-0.1, -0.05) is 0 Å². The van der Waals surface area contributed by atoms with Gasteiger partial charge in [-0.2, -0.15) is 0 Å². The van der Waals surface area contributed by atoms with Crippen LogP contribution in [0.5, 0.6) is 0 Å². The predicted molar refractivity (Wildman–Crippen MR) is 82.0 cm³/mol. The van der Waals surface area contributed by atoms with Crippen LogP contribution in [0.4, 0.5) is 4.79 Å². The zero-order chi connectivity index (χ0) is 15.3. The third kappa shape index (κ3) is 5.40. The van der Waals surface area contributed by atoms with Gasteiger partial charge in [0.1, 0.15) is 5.60 Å². The Balaban J connectivity index is 1.65. The molecule has 0 N–H and O–H groups in total. The van der Waals surface area contributed by atoms with Crippen molar-refractivity contribution in [1.29, 1.82) is 0 Å². The van der Waals surface area contributed by atoms with Crippen LogP contribution in [0.1, 0.15) is 46.5 Å². The molecule has 1 aliphatic heterocycles. The van der Waals surface area contributed by atoms with Gasteiger partial charge in [-0.3, -0.25) is 0 Å². The topological polar surface area (TPSA) is 47.4 Å². The highest BCUT2D eigenvalue weighted by Gasteiger charge is 2.26. The van der Waals surface area contributed by atoms with Crippen molar-refractivity contribution in [3.05, 3.63) is 18.7 Å². The summed E-state index contributed by atoms with van der Waals surface area (Å²) >= 11 is 0. The van der Waals surface area contributed by atoms with Gasteiger partial charge in [-0.15, -0.1) is 0 Å². The van der Waals surface area contributed by atoms with Gasteiger partial charge in [0.05, 0.1) is 6.33 Å². The summed E-state index contributed by atoms with van der Waals surface area (Å²) in [5, 5.41) is 0. The van der Waals surface area contributed by atoms with Crippen molar-refractivity contribution in [2.24, 2.45) is 5.92 Å². The first kappa shape index (κ1) is 15.9. The molecule has 1 saturated heterocycles. The lowest BCUT2D eigenvalue weighted by atomic mass is 9.92. The summed E-state index contributed by atoms with van der Waals surface area (Å²) < 4.78 is 7.54. The third-order valence-electron chi connectivity index (χ3n) is 3.85. The van der Waals surface area contributed by atoms with E-state index < -0.39 is 5.60 Å².